The zero-order valence-electron chi connectivity index (χ0n) is 19.5. The van der Waals surface area contributed by atoms with Gasteiger partial charge in [0, 0.05) is 17.1 Å². The summed E-state index contributed by atoms with van der Waals surface area (Å²) < 4.78 is 20.2. The highest BCUT2D eigenvalue weighted by molar-refractivity contribution is 9.10. The average Bonchev–Trinajstić information content (AvgIpc) is 3.29. The van der Waals surface area contributed by atoms with E-state index in [9.17, 15) is 14.0 Å². The van der Waals surface area contributed by atoms with Crippen LogP contribution in [0.4, 0.5) is 4.39 Å². The van der Waals surface area contributed by atoms with Crippen molar-refractivity contribution in [2.24, 2.45) is 0 Å². The van der Waals surface area contributed by atoms with E-state index in [0.717, 1.165) is 46.8 Å². The van der Waals surface area contributed by atoms with Gasteiger partial charge in [0.25, 0.3) is 5.91 Å². The molecule has 2 aromatic rings. The fraction of sp³-hybridized carbons (Fsp3) is 0.462. The van der Waals surface area contributed by atoms with Crippen molar-refractivity contribution in [1.29, 1.82) is 0 Å². The molecule has 5 nitrogen and oxygen atoms in total. The Bertz CT molecular complexity index is 951. The average molecular weight is 519 g/mol. The zero-order chi connectivity index (χ0) is 24.0. The Morgan fingerprint density at radius 1 is 1.15 bits per heavy atom. The number of carbonyl (C=O) groups is 2. The molecule has 2 amide bonds. The maximum atomic E-state index is 13.4. The van der Waals surface area contributed by atoms with Gasteiger partial charge in [-0.05, 0) is 74.1 Å². The van der Waals surface area contributed by atoms with Gasteiger partial charge in [0.2, 0.25) is 5.91 Å². The van der Waals surface area contributed by atoms with Crippen molar-refractivity contribution in [1.82, 2.24) is 10.2 Å². The molecule has 0 aromatic heterocycles. The minimum Gasteiger partial charge on any atom is -0.484 e. The second-order valence-electron chi connectivity index (χ2n) is 8.72. The molecule has 1 saturated carbocycles. The lowest BCUT2D eigenvalue weighted by Gasteiger charge is -2.31. The molecule has 0 radical (unpaired) electrons. The molecule has 0 spiro atoms. The summed E-state index contributed by atoms with van der Waals surface area (Å²) in [5, 5.41) is 3.12. The van der Waals surface area contributed by atoms with Gasteiger partial charge in [-0.1, -0.05) is 47.8 Å². The highest BCUT2D eigenvalue weighted by Gasteiger charge is 2.31. The molecule has 1 aliphatic carbocycles. The number of rotatable bonds is 9. The van der Waals surface area contributed by atoms with E-state index in [2.05, 4.69) is 21.2 Å². The summed E-state index contributed by atoms with van der Waals surface area (Å²) in [7, 11) is 0. The number of ether oxygens (including phenoxy) is 1. The first-order chi connectivity index (χ1) is 15.8. The lowest BCUT2D eigenvalue weighted by Crippen LogP contribution is -2.52. The molecule has 2 aromatic carbocycles. The molecule has 7 heteroatoms. The van der Waals surface area contributed by atoms with E-state index in [1.165, 1.54) is 12.1 Å². The van der Waals surface area contributed by atoms with Gasteiger partial charge in [-0.25, -0.2) is 4.39 Å². The predicted octanol–water partition coefficient (Wildman–Crippen LogP) is 5.45. The normalized spacial score (nSPS) is 14.7. The molecule has 0 aliphatic heterocycles. The van der Waals surface area contributed by atoms with Crippen LogP contribution >= 0.6 is 15.9 Å². The molecule has 1 fully saturated rings. The first-order valence-corrected chi connectivity index (χ1v) is 12.3. The summed E-state index contributed by atoms with van der Waals surface area (Å²) in [5.41, 5.74) is 2.79. The van der Waals surface area contributed by atoms with Gasteiger partial charge < -0.3 is 15.0 Å². The summed E-state index contributed by atoms with van der Waals surface area (Å²) in [4.78, 5) is 28.0. The predicted molar refractivity (Wildman–Crippen MR) is 131 cm³/mol. The van der Waals surface area contributed by atoms with Crippen LogP contribution in [0.25, 0.3) is 0 Å². The Kier molecular flexibility index (Phi) is 8.89. The quantitative estimate of drug-likeness (QED) is 0.480. The van der Waals surface area contributed by atoms with Crippen molar-refractivity contribution >= 4 is 27.7 Å². The van der Waals surface area contributed by atoms with Crippen LogP contribution in [0.2, 0.25) is 0 Å². The lowest BCUT2D eigenvalue weighted by molar-refractivity contribution is -0.143. The maximum absolute atomic E-state index is 13.4. The van der Waals surface area contributed by atoms with Crippen LogP contribution in [0.1, 0.15) is 55.7 Å². The highest BCUT2D eigenvalue weighted by Crippen LogP contribution is 2.26. The van der Waals surface area contributed by atoms with Gasteiger partial charge in [0.15, 0.2) is 6.61 Å². The van der Waals surface area contributed by atoms with E-state index >= 15 is 0 Å². The topological polar surface area (TPSA) is 58.6 Å². The van der Waals surface area contributed by atoms with Crippen molar-refractivity contribution < 1.29 is 18.7 Å². The Balaban J connectivity index is 1.77. The zero-order valence-corrected chi connectivity index (χ0v) is 21.1. The number of hydrogen-bond acceptors (Lipinski definition) is 3. The van der Waals surface area contributed by atoms with Crippen molar-refractivity contribution in [3.8, 4) is 5.75 Å². The molecule has 1 atom stereocenters. The third kappa shape index (κ3) is 6.79. The van der Waals surface area contributed by atoms with Crippen molar-refractivity contribution in [2.75, 3.05) is 6.61 Å². The Morgan fingerprint density at radius 3 is 2.33 bits per heavy atom. The molecule has 33 heavy (non-hydrogen) atoms. The number of nitrogens with one attached hydrogen (secondary N) is 1. The van der Waals surface area contributed by atoms with E-state index < -0.39 is 6.04 Å². The van der Waals surface area contributed by atoms with Gasteiger partial charge in [-0.15, -0.1) is 0 Å². The molecule has 0 bridgehead atoms. The van der Waals surface area contributed by atoms with E-state index in [1.807, 2.05) is 32.9 Å². The third-order valence-electron chi connectivity index (χ3n) is 6.13. The van der Waals surface area contributed by atoms with E-state index in [-0.39, 0.29) is 36.8 Å². The Labute approximate surface area is 203 Å². The summed E-state index contributed by atoms with van der Waals surface area (Å²) >= 11 is 3.54. The van der Waals surface area contributed by atoms with Crippen LogP contribution < -0.4 is 10.1 Å². The second-order valence-corrected chi connectivity index (χ2v) is 9.51. The number of halogens is 2. The van der Waals surface area contributed by atoms with Crippen molar-refractivity contribution in [2.45, 2.75) is 71.5 Å². The third-order valence-corrected chi connectivity index (χ3v) is 7.38. The van der Waals surface area contributed by atoms with Crippen LogP contribution in [0.3, 0.4) is 0 Å². The van der Waals surface area contributed by atoms with Gasteiger partial charge in [0.1, 0.15) is 17.6 Å². The number of nitrogens with zero attached hydrogens (tertiary/aromatic N) is 1. The van der Waals surface area contributed by atoms with Crippen LogP contribution in [0.5, 0.6) is 5.75 Å². The summed E-state index contributed by atoms with van der Waals surface area (Å²) in [6.07, 6.45) is 4.64. The minimum absolute atomic E-state index is 0.143. The fourth-order valence-corrected chi connectivity index (χ4v) is 4.52. The van der Waals surface area contributed by atoms with E-state index in [4.69, 9.17) is 4.74 Å². The summed E-state index contributed by atoms with van der Waals surface area (Å²) in [5.74, 6) is -0.167. The number of carbonyl (C=O) groups excluding carboxylic acids is 2. The first kappa shape index (κ1) is 25.2. The van der Waals surface area contributed by atoms with Gasteiger partial charge in [-0.3, -0.25) is 9.59 Å². The first-order valence-electron chi connectivity index (χ1n) is 11.5. The highest BCUT2D eigenvalue weighted by atomic mass is 79.9. The molecule has 1 aliphatic rings. The summed E-state index contributed by atoms with van der Waals surface area (Å²) in [6.45, 7) is 5.85. The van der Waals surface area contributed by atoms with Crippen LogP contribution in [-0.2, 0) is 16.1 Å². The van der Waals surface area contributed by atoms with Gasteiger partial charge in [0.05, 0.1) is 0 Å². The Hall–Kier alpha value is -2.41. The molecule has 1 N–H and O–H groups in total. The molecule has 3 rings (SSSR count). The van der Waals surface area contributed by atoms with Gasteiger partial charge in [-0.2, -0.15) is 0 Å². The Morgan fingerprint density at radius 2 is 1.76 bits per heavy atom. The van der Waals surface area contributed by atoms with Crippen molar-refractivity contribution in [3.05, 3.63) is 63.4 Å². The van der Waals surface area contributed by atoms with Crippen LogP contribution in [0.15, 0.2) is 40.9 Å². The van der Waals surface area contributed by atoms with E-state index in [1.54, 1.807) is 17.0 Å². The van der Waals surface area contributed by atoms with E-state index in [0.29, 0.717) is 12.2 Å². The molecule has 0 unspecified atom stereocenters. The number of hydrogen-bond donors (Lipinski definition) is 1. The summed E-state index contributed by atoms with van der Waals surface area (Å²) in [6, 6.07) is 9.29. The SMILES string of the molecule is CC[C@H](C(=O)NC1CCCC1)N(Cc1ccc(F)cc1)C(=O)COc1cc(C)c(Br)c(C)c1. The fourth-order valence-electron chi connectivity index (χ4n) is 4.29. The van der Waals surface area contributed by atoms with Crippen LogP contribution in [0, 0.1) is 19.7 Å². The molecule has 178 valence electrons. The smallest absolute Gasteiger partial charge is 0.261 e. The van der Waals surface area contributed by atoms with Gasteiger partial charge >= 0.3 is 0 Å². The lowest BCUT2D eigenvalue weighted by atomic mass is 10.1. The maximum Gasteiger partial charge on any atom is 0.261 e. The molecule has 0 heterocycles. The number of aryl methyl sites for hydroxylation is 2. The largest absolute Gasteiger partial charge is 0.484 e. The second kappa shape index (κ2) is 11.6. The number of amides is 2. The van der Waals surface area contributed by atoms with Crippen molar-refractivity contribution in [3.63, 3.8) is 0 Å². The standard InChI is InChI=1S/C26H32BrFN2O3/c1-4-23(26(32)29-21-7-5-6-8-21)30(15-19-9-11-20(28)12-10-19)24(31)16-33-22-13-17(2)25(27)18(3)14-22/h9-14,21,23H,4-8,15-16H2,1-3H3,(H,29,32)/t23-/m1/s1. The molecule has 0 saturated heterocycles. The number of benzene rings is 2. The molecular formula is C26H32BrFN2O3. The van der Waals surface area contributed by atoms with Crippen LogP contribution in [-0.4, -0.2) is 35.4 Å². The molecular weight excluding hydrogens is 487 g/mol. The monoisotopic (exact) mass is 518 g/mol. The minimum atomic E-state index is -0.625.